The van der Waals surface area contributed by atoms with Crippen molar-refractivity contribution in [2.45, 2.75) is 58.4 Å². The van der Waals surface area contributed by atoms with Crippen LogP contribution in [-0.4, -0.2) is 15.6 Å². The maximum absolute atomic E-state index is 10.9. The zero-order valence-corrected chi connectivity index (χ0v) is 10.7. The third-order valence-electron chi connectivity index (χ3n) is 3.05. The molecule has 96 valence electrons. The number of hydrogen-bond acceptors (Lipinski definition) is 1. The summed E-state index contributed by atoms with van der Waals surface area (Å²) < 4.78 is 1.83. The molecule has 0 bridgehead atoms. The van der Waals surface area contributed by atoms with E-state index >= 15 is 0 Å². The Labute approximate surface area is 103 Å². The lowest BCUT2D eigenvalue weighted by atomic mass is 10.1. The molecule has 1 aromatic rings. The van der Waals surface area contributed by atoms with Crippen LogP contribution >= 0.6 is 0 Å². The molecule has 1 aromatic heterocycles. The minimum absolute atomic E-state index is 0.399. The molecule has 1 N–H and O–H groups in total. The monoisotopic (exact) mass is 237 g/mol. The van der Waals surface area contributed by atoms with Gasteiger partial charge in [0.2, 0.25) is 0 Å². The first-order valence-electron chi connectivity index (χ1n) is 6.64. The van der Waals surface area contributed by atoms with Gasteiger partial charge in [-0.05, 0) is 18.6 Å². The zero-order chi connectivity index (χ0) is 12.5. The SMILES string of the molecule is CCCCCCCCCn1cccc1C(=O)O. The number of aromatic carboxylic acids is 1. The van der Waals surface area contributed by atoms with Crippen molar-refractivity contribution >= 4 is 5.97 Å². The van der Waals surface area contributed by atoms with Gasteiger partial charge in [-0.3, -0.25) is 0 Å². The number of rotatable bonds is 9. The van der Waals surface area contributed by atoms with Crippen molar-refractivity contribution in [3.05, 3.63) is 24.0 Å². The van der Waals surface area contributed by atoms with E-state index in [1.165, 1.54) is 38.5 Å². The van der Waals surface area contributed by atoms with Gasteiger partial charge in [0.1, 0.15) is 5.69 Å². The number of carbonyl (C=O) groups is 1. The lowest BCUT2D eigenvalue weighted by Crippen LogP contribution is -2.07. The summed E-state index contributed by atoms with van der Waals surface area (Å²) in [5.41, 5.74) is 0.399. The molecule has 0 aliphatic carbocycles. The summed E-state index contributed by atoms with van der Waals surface area (Å²) in [7, 11) is 0. The van der Waals surface area contributed by atoms with Gasteiger partial charge in [-0.15, -0.1) is 0 Å². The quantitative estimate of drug-likeness (QED) is 0.661. The van der Waals surface area contributed by atoms with Gasteiger partial charge in [0, 0.05) is 12.7 Å². The number of nitrogens with zero attached hydrogens (tertiary/aromatic N) is 1. The lowest BCUT2D eigenvalue weighted by molar-refractivity contribution is 0.0685. The van der Waals surface area contributed by atoms with E-state index < -0.39 is 5.97 Å². The number of carboxylic acid groups (broad SMARTS) is 1. The number of aryl methyl sites for hydroxylation is 1. The van der Waals surface area contributed by atoms with E-state index in [9.17, 15) is 4.79 Å². The fraction of sp³-hybridized carbons (Fsp3) is 0.643. The van der Waals surface area contributed by atoms with Crippen LogP contribution in [0.25, 0.3) is 0 Å². The van der Waals surface area contributed by atoms with Gasteiger partial charge in [-0.2, -0.15) is 0 Å². The van der Waals surface area contributed by atoms with Crippen molar-refractivity contribution in [1.82, 2.24) is 4.57 Å². The highest BCUT2D eigenvalue weighted by Crippen LogP contribution is 2.09. The first-order valence-corrected chi connectivity index (χ1v) is 6.64. The van der Waals surface area contributed by atoms with Crippen molar-refractivity contribution in [3.8, 4) is 0 Å². The molecule has 17 heavy (non-hydrogen) atoms. The normalized spacial score (nSPS) is 10.6. The molecule has 0 saturated heterocycles. The standard InChI is InChI=1S/C14H23NO2/c1-2-3-4-5-6-7-8-11-15-12-9-10-13(15)14(16)17/h9-10,12H,2-8,11H2,1H3,(H,16,17). The van der Waals surface area contributed by atoms with Gasteiger partial charge in [0.25, 0.3) is 0 Å². The molecule has 0 unspecified atom stereocenters. The Morgan fingerprint density at radius 3 is 2.47 bits per heavy atom. The molecule has 0 aliphatic rings. The molecule has 0 saturated carbocycles. The molecule has 1 rings (SSSR count). The van der Waals surface area contributed by atoms with Gasteiger partial charge >= 0.3 is 5.97 Å². The van der Waals surface area contributed by atoms with Crippen LogP contribution in [0.5, 0.6) is 0 Å². The summed E-state index contributed by atoms with van der Waals surface area (Å²) in [6.45, 7) is 3.04. The number of carboxylic acids is 1. The average molecular weight is 237 g/mol. The number of hydrogen-bond donors (Lipinski definition) is 1. The van der Waals surface area contributed by atoms with E-state index in [1.54, 1.807) is 12.1 Å². The van der Waals surface area contributed by atoms with E-state index in [1.807, 2.05) is 10.8 Å². The Morgan fingerprint density at radius 1 is 1.18 bits per heavy atom. The second-order valence-corrected chi connectivity index (χ2v) is 4.51. The number of unbranched alkanes of at least 4 members (excludes halogenated alkanes) is 6. The van der Waals surface area contributed by atoms with Crippen LogP contribution in [0.1, 0.15) is 62.4 Å². The van der Waals surface area contributed by atoms with Crippen LogP contribution in [-0.2, 0) is 6.54 Å². The highest BCUT2D eigenvalue weighted by Gasteiger charge is 2.07. The van der Waals surface area contributed by atoms with E-state index in [0.717, 1.165) is 13.0 Å². The Morgan fingerprint density at radius 2 is 1.82 bits per heavy atom. The van der Waals surface area contributed by atoms with Crippen molar-refractivity contribution in [1.29, 1.82) is 0 Å². The maximum Gasteiger partial charge on any atom is 0.352 e. The van der Waals surface area contributed by atoms with Crippen LogP contribution in [0.3, 0.4) is 0 Å². The van der Waals surface area contributed by atoms with Crippen LogP contribution in [0.4, 0.5) is 0 Å². The largest absolute Gasteiger partial charge is 0.477 e. The molecule has 0 fully saturated rings. The van der Waals surface area contributed by atoms with Crippen molar-refractivity contribution in [2.75, 3.05) is 0 Å². The molecule has 0 spiro atoms. The summed E-state index contributed by atoms with van der Waals surface area (Å²) in [5.74, 6) is -0.835. The summed E-state index contributed by atoms with van der Waals surface area (Å²) >= 11 is 0. The molecule has 0 radical (unpaired) electrons. The summed E-state index contributed by atoms with van der Waals surface area (Å²) in [6.07, 6.45) is 10.6. The van der Waals surface area contributed by atoms with Gasteiger partial charge in [0.05, 0.1) is 0 Å². The van der Waals surface area contributed by atoms with Gasteiger partial charge in [-0.1, -0.05) is 45.4 Å². The maximum atomic E-state index is 10.9. The highest BCUT2D eigenvalue weighted by molar-refractivity contribution is 5.85. The van der Waals surface area contributed by atoms with Gasteiger partial charge < -0.3 is 9.67 Å². The lowest BCUT2D eigenvalue weighted by Gasteiger charge is -2.06. The third-order valence-corrected chi connectivity index (χ3v) is 3.05. The van der Waals surface area contributed by atoms with Gasteiger partial charge in [0.15, 0.2) is 0 Å². The Hall–Kier alpha value is -1.25. The van der Waals surface area contributed by atoms with E-state index in [4.69, 9.17) is 5.11 Å². The average Bonchev–Trinajstić information content (AvgIpc) is 2.76. The number of aromatic nitrogens is 1. The molecule has 3 heteroatoms. The fourth-order valence-corrected chi connectivity index (χ4v) is 2.04. The molecule has 0 aliphatic heterocycles. The molecule has 0 amide bonds. The first-order chi connectivity index (χ1) is 8.25. The Balaban J connectivity index is 2.14. The molecular formula is C14H23NO2. The third kappa shape index (κ3) is 5.07. The predicted molar refractivity (Wildman–Crippen MR) is 69.4 cm³/mol. The smallest absolute Gasteiger partial charge is 0.352 e. The van der Waals surface area contributed by atoms with Gasteiger partial charge in [-0.25, -0.2) is 4.79 Å². The summed E-state index contributed by atoms with van der Waals surface area (Å²) in [4.78, 5) is 10.9. The minimum atomic E-state index is -0.835. The van der Waals surface area contributed by atoms with Crippen LogP contribution in [0.2, 0.25) is 0 Å². The zero-order valence-electron chi connectivity index (χ0n) is 10.7. The van der Waals surface area contributed by atoms with Crippen molar-refractivity contribution in [3.63, 3.8) is 0 Å². The van der Waals surface area contributed by atoms with Crippen LogP contribution < -0.4 is 0 Å². The van der Waals surface area contributed by atoms with E-state index in [2.05, 4.69) is 6.92 Å². The summed E-state index contributed by atoms with van der Waals surface area (Å²) in [6, 6.07) is 3.45. The Kier molecular flexibility index (Phi) is 6.45. The fourth-order valence-electron chi connectivity index (χ4n) is 2.04. The minimum Gasteiger partial charge on any atom is -0.477 e. The Bertz CT molecular complexity index is 331. The van der Waals surface area contributed by atoms with Crippen LogP contribution in [0.15, 0.2) is 18.3 Å². The second-order valence-electron chi connectivity index (χ2n) is 4.51. The summed E-state index contributed by atoms with van der Waals surface area (Å²) in [5, 5.41) is 8.93. The van der Waals surface area contributed by atoms with E-state index in [-0.39, 0.29) is 0 Å². The van der Waals surface area contributed by atoms with Crippen molar-refractivity contribution in [2.24, 2.45) is 0 Å². The van der Waals surface area contributed by atoms with Crippen molar-refractivity contribution < 1.29 is 9.90 Å². The van der Waals surface area contributed by atoms with E-state index in [0.29, 0.717) is 5.69 Å². The molecular weight excluding hydrogens is 214 g/mol. The molecule has 0 atom stereocenters. The van der Waals surface area contributed by atoms with Crippen LogP contribution in [0, 0.1) is 0 Å². The molecule has 0 aromatic carbocycles. The topological polar surface area (TPSA) is 42.2 Å². The second kappa shape index (κ2) is 7.93. The highest BCUT2D eigenvalue weighted by atomic mass is 16.4. The molecule has 1 heterocycles. The molecule has 3 nitrogen and oxygen atoms in total. The predicted octanol–water partition coefficient (Wildman–Crippen LogP) is 3.94. The first kappa shape index (κ1) is 13.8.